The van der Waals surface area contributed by atoms with Gasteiger partial charge in [-0.05, 0) is 19.1 Å². The van der Waals surface area contributed by atoms with Crippen LogP contribution in [-0.2, 0) is 29.1 Å². The van der Waals surface area contributed by atoms with Gasteiger partial charge in [0.15, 0.2) is 6.61 Å². The third-order valence-corrected chi connectivity index (χ3v) is 6.35. The third kappa shape index (κ3) is 5.77. The number of hydrogen-bond acceptors (Lipinski definition) is 6. The van der Waals surface area contributed by atoms with Crippen molar-refractivity contribution in [3.05, 3.63) is 29.8 Å². The van der Waals surface area contributed by atoms with E-state index >= 15 is 0 Å². The number of amides is 2. The van der Waals surface area contributed by atoms with Gasteiger partial charge in [-0.15, -0.1) is 0 Å². The Hall–Kier alpha value is -2.46. The second-order valence-corrected chi connectivity index (χ2v) is 8.37. The average Bonchev–Trinajstić information content (AvgIpc) is 2.70. The number of carbonyl (C=O) groups excluding carboxylic acids is 3. The number of esters is 1. The van der Waals surface area contributed by atoms with Crippen LogP contribution in [0.3, 0.4) is 0 Å². The molecule has 0 unspecified atom stereocenters. The summed E-state index contributed by atoms with van der Waals surface area (Å²) in [5.74, 6) is -1.30. The number of aryl methyl sites for hydroxylation is 1. The monoisotopic (exact) mass is 411 g/mol. The van der Waals surface area contributed by atoms with Gasteiger partial charge in [-0.1, -0.05) is 17.7 Å². The molecule has 0 aromatic heterocycles. The molecule has 28 heavy (non-hydrogen) atoms. The average molecular weight is 411 g/mol. The van der Waals surface area contributed by atoms with Crippen molar-refractivity contribution < 1.29 is 27.5 Å². The quantitative estimate of drug-likeness (QED) is 0.627. The van der Waals surface area contributed by atoms with Crippen molar-refractivity contribution in [1.82, 2.24) is 14.5 Å². The van der Waals surface area contributed by atoms with E-state index in [2.05, 4.69) is 5.32 Å². The molecule has 0 spiro atoms. The largest absolute Gasteiger partial charge is 0.456 e. The van der Waals surface area contributed by atoms with Gasteiger partial charge in [0.2, 0.25) is 15.9 Å². The Balaban J connectivity index is 1.81. The summed E-state index contributed by atoms with van der Waals surface area (Å²) in [4.78, 5) is 36.6. The summed E-state index contributed by atoms with van der Waals surface area (Å²) < 4.78 is 31.4. The number of rotatable bonds is 7. The van der Waals surface area contributed by atoms with E-state index in [4.69, 9.17) is 4.74 Å². The molecular weight excluding hydrogens is 386 g/mol. The van der Waals surface area contributed by atoms with E-state index in [0.29, 0.717) is 0 Å². The zero-order valence-electron chi connectivity index (χ0n) is 16.0. The summed E-state index contributed by atoms with van der Waals surface area (Å²) >= 11 is 0. The Morgan fingerprint density at radius 2 is 1.64 bits per heavy atom. The fraction of sp³-hybridized carbons (Fsp3) is 0.500. The first-order valence-corrected chi connectivity index (χ1v) is 10.4. The van der Waals surface area contributed by atoms with Crippen LogP contribution in [0.15, 0.2) is 29.2 Å². The number of likely N-dealkylation sites (N-methyl/N-ethyl adjacent to an activating group) is 1. The highest BCUT2D eigenvalue weighted by Gasteiger charge is 2.30. The smallest absolute Gasteiger partial charge is 0.306 e. The number of ether oxygens (including phenoxy) is 1. The highest BCUT2D eigenvalue weighted by Crippen LogP contribution is 2.18. The topological polar surface area (TPSA) is 113 Å². The molecule has 1 heterocycles. The van der Waals surface area contributed by atoms with Crippen LogP contribution in [-0.4, -0.2) is 75.2 Å². The second-order valence-electron chi connectivity index (χ2n) is 6.43. The molecule has 1 aromatic carbocycles. The summed E-state index contributed by atoms with van der Waals surface area (Å²) in [6.07, 6.45) is -0.172. The van der Waals surface area contributed by atoms with E-state index in [9.17, 15) is 22.8 Å². The molecule has 154 valence electrons. The van der Waals surface area contributed by atoms with Crippen LogP contribution in [0.5, 0.6) is 0 Å². The minimum atomic E-state index is -3.59. The molecule has 9 nitrogen and oxygen atoms in total. The second kappa shape index (κ2) is 9.65. The van der Waals surface area contributed by atoms with Crippen molar-refractivity contribution in [1.29, 1.82) is 0 Å². The van der Waals surface area contributed by atoms with Gasteiger partial charge in [0.05, 0.1) is 11.3 Å². The van der Waals surface area contributed by atoms with Crippen molar-refractivity contribution in [2.45, 2.75) is 24.7 Å². The summed E-state index contributed by atoms with van der Waals surface area (Å²) in [6, 6.07) is 6.64. The van der Waals surface area contributed by atoms with Gasteiger partial charge in [0.1, 0.15) is 0 Å². The molecule has 1 aromatic rings. The van der Waals surface area contributed by atoms with E-state index in [1.807, 2.05) is 6.92 Å². The number of piperazine rings is 1. The van der Waals surface area contributed by atoms with Crippen LogP contribution in [0.2, 0.25) is 0 Å². The number of sulfonamides is 1. The Morgan fingerprint density at radius 3 is 2.21 bits per heavy atom. The normalized spacial score (nSPS) is 15.1. The van der Waals surface area contributed by atoms with E-state index < -0.39 is 21.9 Å². The van der Waals surface area contributed by atoms with Crippen molar-refractivity contribution in [2.24, 2.45) is 0 Å². The van der Waals surface area contributed by atoms with Gasteiger partial charge in [-0.3, -0.25) is 14.4 Å². The lowest BCUT2D eigenvalue weighted by atomic mass is 10.2. The first-order valence-electron chi connectivity index (χ1n) is 8.95. The predicted molar refractivity (Wildman–Crippen MR) is 101 cm³/mol. The molecule has 0 saturated carbocycles. The Kier molecular flexibility index (Phi) is 7.53. The minimum Gasteiger partial charge on any atom is -0.456 e. The first-order chi connectivity index (χ1) is 13.2. The zero-order chi connectivity index (χ0) is 20.7. The number of benzene rings is 1. The molecular formula is C18H25N3O6S. The van der Waals surface area contributed by atoms with E-state index in [1.165, 1.54) is 16.3 Å². The third-order valence-electron chi connectivity index (χ3n) is 4.44. The Bertz CT molecular complexity index is 814. The summed E-state index contributed by atoms with van der Waals surface area (Å²) in [5, 5.41) is 2.32. The molecule has 1 N–H and O–H groups in total. The fourth-order valence-electron chi connectivity index (χ4n) is 2.69. The number of carbonyl (C=O) groups is 3. The zero-order valence-corrected chi connectivity index (χ0v) is 16.8. The van der Waals surface area contributed by atoms with Gasteiger partial charge >= 0.3 is 5.97 Å². The Morgan fingerprint density at radius 1 is 1.04 bits per heavy atom. The molecule has 1 aliphatic heterocycles. The maximum atomic E-state index is 12.7. The summed E-state index contributed by atoms with van der Waals surface area (Å²) in [6.45, 7) is 2.43. The molecule has 1 fully saturated rings. The number of nitrogens with one attached hydrogen (secondary N) is 1. The number of hydrogen-bond donors (Lipinski definition) is 1. The van der Waals surface area contributed by atoms with Crippen LogP contribution in [0.25, 0.3) is 0 Å². The SMILES string of the molecule is CNC(=O)COC(=O)CCC(=O)N1CCN(S(=O)(=O)c2ccc(C)cc2)CC1. The van der Waals surface area contributed by atoms with Crippen molar-refractivity contribution in [2.75, 3.05) is 39.8 Å². The molecule has 2 amide bonds. The summed E-state index contributed by atoms with van der Waals surface area (Å²) in [7, 11) is -2.16. The minimum absolute atomic E-state index is 0.0444. The maximum Gasteiger partial charge on any atom is 0.306 e. The van der Waals surface area contributed by atoms with Gasteiger partial charge < -0.3 is 15.0 Å². The van der Waals surface area contributed by atoms with Crippen molar-refractivity contribution in [3.8, 4) is 0 Å². The lowest BCUT2D eigenvalue weighted by molar-refractivity contribution is -0.150. The predicted octanol–water partition coefficient (Wildman–Crippen LogP) is -0.103. The molecule has 0 radical (unpaired) electrons. The van der Waals surface area contributed by atoms with Crippen LogP contribution in [0.4, 0.5) is 0 Å². The lowest BCUT2D eigenvalue weighted by Gasteiger charge is -2.34. The van der Waals surface area contributed by atoms with Crippen molar-refractivity contribution >= 4 is 27.8 Å². The van der Waals surface area contributed by atoms with Crippen molar-refractivity contribution in [3.63, 3.8) is 0 Å². The molecule has 0 atom stereocenters. The lowest BCUT2D eigenvalue weighted by Crippen LogP contribution is -2.50. The van der Waals surface area contributed by atoms with E-state index in [-0.39, 0.29) is 56.4 Å². The van der Waals surface area contributed by atoms with Crippen LogP contribution in [0, 0.1) is 6.92 Å². The van der Waals surface area contributed by atoms with Gasteiger partial charge in [0, 0.05) is 39.6 Å². The number of nitrogens with zero attached hydrogens (tertiary/aromatic N) is 2. The van der Waals surface area contributed by atoms with Crippen LogP contribution < -0.4 is 5.32 Å². The Labute approximate surface area is 164 Å². The maximum absolute atomic E-state index is 12.7. The molecule has 1 aliphatic rings. The van der Waals surface area contributed by atoms with Crippen LogP contribution in [0.1, 0.15) is 18.4 Å². The summed E-state index contributed by atoms with van der Waals surface area (Å²) in [5.41, 5.74) is 0.975. The molecule has 0 aliphatic carbocycles. The van der Waals surface area contributed by atoms with E-state index in [1.54, 1.807) is 24.3 Å². The van der Waals surface area contributed by atoms with Gasteiger partial charge in [-0.25, -0.2) is 8.42 Å². The first kappa shape index (κ1) is 21.8. The highest BCUT2D eigenvalue weighted by molar-refractivity contribution is 7.89. The molecule has 2 rings (SSSR count). The van der Waals surface area contributed by atoms with E-state index in [0.717, 1.165) is 5.56 Å². The molecule has 0 bridgehead atoms. The molecule has 1 saturated heterocycles. The highest BCUT2D eigenvalue weighted by atomic mass is 32.2. The van der Waals surface area contributed by atoms with Gasteiger partial charge in [0.25, 0.3) is 5.91 Å². The standard InChI is InChI=1S/C18H25N3O6S/c1-14-3-5-15(6-4-14)28(25,26)21-11-9-20(10-12-21)17(23)7-8-18(24)27-13-16(22)19-2/h3-6H,7-13H2,1-2H3,(H,19,22). The fourth-order valence-corrected chi connectivity index (χ4v) is 4.12. The van der Waals surface area contributed by atoms with Gasteiger partial charge in [-0.2, -0.15) is 4.31 Å². The van der Waals surface area contributed by atoms with Crippen LogP contribution >= 0.6 is 0 Å². The molecule has 10 heteroatoms.